The largest absolute Gasteiger partial charge is 0.494 e. The fraction of sp³-hybridized carbons (Fsp3) is 0.619. The maximum atomic E-state index is 13.1. The molecular formula is C21H34N2O7S. The van der Waals surface area contributed by atoms with Crippen LogP contribution < -0.4 is 10.5 Å². The summed E-state index contributed by atoms with van der Waals surface area (Å²) in [5.41, 5.74) is 5.47. The minimum absolute atomic E-state index is 0.0266. The number of nitrogens with two attached hydrogens (primary N) is 1. The first-order valence-electron chi connectivity index (χ1n) is 10.4. The molecule has 10 heteroatoms. The summed E-state index contributed by atoms with van der Waals surface area (Å²) in [5, 5.41) is 1.18. The normalized spacial score (nSPS) is 15.4. The van der Waals surface area contributed by atoms with Crippen LogP contribution in [0, 0.1) is 0 Å². The van der Waals surface area contributed by atoms with Crippen molar-refractivity contribution in [3.05, 3.63) is 24.3 Å². The Morgan fingerprint density at radius 1 is 1.13 bits per heavy atom. The monoisotopic (exact) mass is 458 g/mol. The van der Waals surface area contributed by atoms with E-state index >= 15 is 0 Å². The second-order valence-corrected chi connectivity index (χ2v) is 9.08. The van der Waals surface area contributed by atoms with E-state index in [1.54, 1.807) is 19.2 Å². The van der Waals surface area contributed by atoms with Crippen LogP contribution in [0.2, 0.25) is 0 Å². The predicted molar refractivity (Wildman–Crippen MR) is 116 cm³/mol. The lowest BCUT2D eigenvalue weighted by Gasteiger charge is -2.33. The molecule has 0 bridgehead atoms. The van der Waals surface area contributed by atoms with Gasteiger partial charge in [0.25, 0.3) is 0 Å². The lowest BCUT2D eigenvalue weighted by molar-refractivity contribution is -0.168. The van der Waals surface area contributed by atoms with Crippen LogP contribution in [0.5, 0.6) is 5.75 Å². The molecule has 2 N–H and O–H groups in total. The van der Waals surface area contributed by atoms with Gasteiger partial charge in [-0.3, -0.25) is 14.4 Å². The van der Waals surface area contributed by atoms with E-state index in [9.17, 15) is 18.0 Å². The van der Waals surface area contributed by atoms with Gasteiger partial charge in [0.1, 0.15) is 5.75 Å². The van der Waals surface area contributed by atoms with Crippen LogP contribution in [0.15, 0.2) is 29.2 Å². The van der Waals surface area contributed by atoms with Crippen LogP contribution in [0.1, 0.15) is 46.0 Å². The second kappa shape index (κ2) is 12.6. The molecule has 0 unspecified atom stereocenters. The highest BCUT2D eigenvalue weighted by Gasteiger charge is 2.51. The summed E-state index contributed by atoms with van der Waals surface area (Å²) in [6.45, 7) is 4.73. The van der Waals surface area contributed by atoms with Gasteiger partial charge in [-0.15, -0.1) is 0 Å². The Balaban J connectivity index is 0.00000233. The van der Waals surface area contributed by atoms with Gasteiger partial charge in [0.2, 0.25) is 11.8 Å². The molecule has 1 aromatic rings. The zero-order chi connectivity index (χ0) is 23.5. The molecule has 1 heterocycles. The number of carbonyl (C=O) groups is 2. The van der Waals surface area contributed by atoms with Gasteiger partial charge in [0, 0.05) is 26.7 Å². The Bertz CT molecular complexity index is 804. The highest BCUT2D eigenvalue weighted by molar-refractivity contribution is 7.93. The molecule has 0 atom stereocenters. The van der Waals surface area contributed by atoms with Gasteiger partial charge >= 0.3 is 0 Å². The number of benzene rings is 1. The molecule has 0 aromatic heterocycles. The molecule has 1 fully saturated rings. The van der Waals surface area contributed by atoms with Crippen molar-refractivity contribution in [2.45, 2.75) is 55.6 Å². The summed E-state index contributed by atoms with van der Waals surface area (Å²) < 4.78 is 35.3. The van der Waals surface area contributed by atoms with Crippen molar-refractivity contribution in [2.24, 2.45) is 5.73 Å². The van der Waals surface area contributed by atoms with E-state index in [2.05, 4.69) is 0 Å². The minimum Gasteiger partial charge on any atom is -0.494 e. The summed E-state index contributed by atoms with van der Waals surface area (Å²) >= 11 is 0. The van der Waals surface area contributed by atoms with Gasteiger partial charge in [0.15, 0.2) is 14.6 Å². The summed E-state index contributed by atoms with van der Waals surface area (Å²) in [7, 11) is -0.972. The number of ether oxygens (including phenoxy) is 2. The van der Waals surface area contributed by atoms with E-state index in [4.69, 9.17) is 20.0 Å². The number of primary amides is 1. The summed E-state index contributed by atoms with van der Waals surface area (Å²) in [6, 6.07) is 5.93. The molecule has 0 aliphatic carbocycles. The number of carbonyl (C=O) groups excluding carboxylic acids is 2. The van der Waals surface area contributed by atoms with Crippen molar-refractivity contribution in [1.29, 1.82) is 0 Å². The van der Waals surface area contributed by atoms with Gasteiger partial charge < -0.3 is 15.2 Å². The molecule has 31 heavy (non-hydrogen) atoms. The lowest BCUT2D eigenvalue weighted by atomic mass is 9.98. The standard InChI is InChI=1S/C19H28N2O7S.C2H6/c1-21(26-2)17(22)5-3-4-12-28-15-6-8-16(9-7-15)29(24,25)19(18(20)23)10-13-27-14-11-19;1-2/h6-9H,3-5,10-14H2,1-2H3,(H2,20,23);1-2H3. The SMILES string of the molecule is CC.CON(C)C(=O)CCCCOc1ccc(S(=O)(=O)C2(C(N)=O)CCOCC2)cc1. The number of amides is 2. The van der Waals surface area contributed by atoms with Crippen LogP contribution in [-0.2, 0) is 29.0 Å². The molecule has 1 aliphatic rings. The average Bonchev–Trinajstić information content (AvgIpc) is 2.80. The fourth-order valence-electron chi connectivity index (χ4n) is 3.12. The Morgan fingerprint density at radius 3 is 2.23 bits per heavy atom. The van der Waals surface area contributed by atoms with Crippen molar-refractivity contribution < 1.29 is 32.3 Å². The van der Waals surface area contributed by atoms with E-state index in [0.29, 0.717) is 31.6 Å². The van der Waals surface area contributed by atoms with Gasteiger partial charge in [-0.1, -0.05) is 13.8 Å². The molecule has 0 radical (unpaired) electrons. The average molecular weight is 459 g/mol. The third-order valence-corrected chi connectivity index (χ3v) is 7.61. The van der Waals surface area contributed by atoms with Crippen molar-refractivity contribution >= 4 is 21.7 Å². The van der Waals surface area contributed by atoms with Crippen LogP contribution in [0.4, 0.5) is 0 Å². The maximum Gasteiger partial charge on any atom is 0.245 e. The third-order valence-electron chi connectivity index (χ3n) is 5.08. The van der Waals surface area contributed by atoms with Crippen molar-refractivity contribution in [3.8, 4) is 5.75 Å². The van der Waals surface area contributed by atoms with Gasteiger partial charge in [0.05, 0.1) is 18.6 Å². The van der Waals surface area contributed by atoms with E-state index < -0.39 is 20.5 Å². The quantitative estimate of drug-likeness (QED) is 0.420. The molecule has 1 saturated heterocycles. The Kier molecular flexibility index (Phi) is 10.9. The number of rotatable bonds is 10. The highest BCUT2D eigenvalue weighted by Crippen LogP contribution is 2.35. The van der Waals surface area contributed by atoms with Crippen LogP contribution in [0.25, 0.3) is 0 Å². The summed E-state index contributed by atoms with van der Waals surface area (Å²) in [4.78, 5) is 28.4. The zero-order valence-electron chi connectivity index (χ0n) is 18.8. The van der Waals surface area contributed by atoms with E-state index in [-0.39, 0.29) is 36.9 Å². The van der Waals surface area contributed by atoms with E-state index in [1.165, 1.54) is 24.3 Å². The molecule has 2 amide bonds. The molecule has 0 spiro atoms. The maximum absolute atomic E-state index is 13.1. The summed E-state index contributed by atoms with van der Waals surface area (Å²) in [5.74, 6) is -0.460. The fourth-order valence-corrected chi connectivity index (χ4v) is 5.03. The molecule has 1 aliphatic heterocycles. The van der Waals surface area contributed by atoms with Crippen molar-refractivity contribution in [1.82, 2.24) is 5.06 Å². The molecule has 2 rings (SSSR count). The Morgan fingerprint density at radius 2 is 1.71 bits per heavy atom. The van der Waals surface area contributed by atoms with Crippen molar-refractivity contribution in [3.63, 3.8) is 0 Å². The first-order chi connectivity index (χ1) is 14.7. The number of nitrogens with zero attached hydrogens (tertiary/aromatic N) is 1. The number of sulfone groups is 1. The van der Waals surface area contributed by atoms with Crippen LogP contribution in [0.3, 0.4) is 0 Å². The molecular weight excluding hydrogens is 424 g/mol. The predicted octanol–water partition coefficient (Wildman–Crippen LogP) is 2.09. The molecule has 9 nitrogen and oxygen atoms in total. The third kappa shape index (κ3) is 6.65. The molecule has 1 aromatic carbocycles. The lowest BCUT2D eigenvalue weighted by Crippen LogP contribution is -2.53. The van der Waals surface area contributed by atoms with Gasteiger partial charge in [-0.2, -0.15) is 0 Å². The highest BCUT2D eigenvalue weighted by atomic mass is 32.2. The molecule has 176 valence electrons. The first-order valence-corrected chi connectivity index (χ1v) is 11.9. The number of unbranched alkanes of at least 4 members (excludes halogenated alkanes) is 1. The second-order valence-electron chi connectivity index (χ2n) is 6.83. The minimum atomic E-state index is -3.95. The van der Waals surface area contributed by atoms with Gasteiger partial charge in [-0.05, 0) is 49.9 Å². The smallest absolute Gasteiger partial charge is 0.245 e. The summed E-state index contributed by atoms with van der Waals surface area (Å²) in [6.07, 6.45) is 1.74. The number of hydrogen-bond donors (Lipinski definition) is 1. The van der Waals surface area contributed by atoms with E-state index in [1.807, 2.05) is 13.8 Å². The zero-order valence-corrected chi connectivity index (χ0v) is 19.6. The first kappa shape index (κ1) is 26.9. The van der Waals surface area contributed by atoms with Crippen molar-refractivity contribution in [2.75, 3.05) is 34.0 Å². The Hall–Kier alpha value is -2.17. The number of hydrogen-bond acceptors (Lipinski definition) is 7. The topological polar surface area (TPSA) is 125 Å². The van der Waals surface area contributed by atoms with Gasteiger partial charge in [-0.25, -0.2) is 13.5 Å². The van der Waals surface area contributed by atoms with Crippen LogP contribution >= 0.6 is 0 Å². The van der Waals surface area contributed by atoms with Crippen LogP contribution in [-0.4, -0.2) is 64.0 Å². The number of hydroxylamine groups is 2. The Labute approximate surface area is 184 Å². The molecule has 0 saturated carbocycles. The van der Waals surface area contributed by atoms with E-state index in [0.717, 1.165) is 0 Å².